The van der Waals surface area contributed by atoms with Crippen LogP contribution in [0.15, 0.2) is 18.2 Å². The molecule has 0 bridgehead atoms. The summed E-state index contributed by atoms with van der Waals surface area (Å²) in [5.74, 6) is -0.724. The molecule has 0 saturated heterocycles. The van der Waals surface area contributed by atoms with Crippen LogP contribution in [-0.2, 0) is 4.79 Å². The predicted molar refractivity (Wildman–Crippen MR) is 49.7 cm³/mol. The summed E-state index contributed by atoms with van der Waals surface area (Å²) in [6.45, 7) is 1.94. The quantitative estimate of drug-likeness (QED) is 0.685. The Hall–Kier alpha value is -1.58. The molecule has 1 N–H and O–H groups in total. The van der Waals surface area contributed by atoms with Gasteiger partial charge in [0.25, 0.3) is 0 Å². The van der Waals surface area contributed by atoms with E-state index in [0.29, 0.717) is 5.69 Å². The molecular formula is C10H10FNO2. The van der Waals surface area contributed by atoms with E-state index < -0.39 is 5.82 Å². The molecule has 1 atom stereocenters. The van der Waals surface area contributed by atoms with E-state index in [1.54, 1.807) is 13.0 Å². The summed E-state index contributed by atoms with van der Waals surface area (Å²) in [7, 11) is 0. The molecule has 14 heavy (non-hydrogen) atoms. The average molecular weight is 195 g/mol. The molecule has 1 aliphatic heterocycles. The normalized spacial score (nSPS) is 20.4. The Balaban J connectivity index is 2.42. The topological polar surface area (TPSA) is 38.3 Å². The van der Waals surface area contributed by atoms with Crippen LogP contribution in [0.4, 0.5) is 10.1 Å². The molecule has 0 spiro atoms. The van der Waals surface area contributed by atoms with Crippen LogP contribution in [0.25, 0.3) is 0 Å². The minimum Gasteiger partial charge on any atom is -0.488 e. The Kier molecular flexibility index (Phi) is 2.11. The van der Waals surface area contributed by atoms with Crippen molar-refractivity contribution in [2.45, 2.75) is 6.92 Å². The number of carbonyl (C=O) groups excluding carboxylic acids is 1. The van der Waals surface area contributed by atoms with Gasteiger partial charge in [-0.1, -0.05) is 13.0 Å². The van der Waals surface area contributed by atoms with Gasteiger partial charge in [-0.05, 0) is 12.1 Å². The van der Waals surface area contributed by atoms with E-state index in [0.717, 1.165) is 0 Å². The summed E-state index contributed by atoms with van der Waals surface area (Å²) in [4.78, 5) is 11.4. The summed E-state index contributed by atoms with van der Waals surface area (Å²) in [6.07, 6.45) is 0. The van der Waals surface area contributed by atoms with E-state index >= 15 is 0 Å². The zero-order valence-corrected chi connectivity index (χ0v) is 7.71. The number of ether oxygens (including phenoxy) is 1. The lowest BCUT2D eigenvalue weighted by molar-refractivity contribution is -0.119. The lowest BCUT2D eigenvalue weighted by Crippen LogP contribution is -2.21. The van der Waals surface area contributed by atoms with E-state index in [1.807, 2.05) is 0 Å². The summed E-state index contributed by atoms with van der Waals surface area (Å²) in [6, 6.07) is 4.46. The van der Waals surface area contributed by atoms with Crippen LogP contribution in [0.3, 0.4) is 0 Å². The highest BCUT2D eigenvalue weighted by Crippen LogP contribution is 2.30. The number of amides is 1. The lowest BCUT2D eigenvalue weighted by Gasteiger charge is -2.06. The number of carbonyl (C=O) groups is 1. The first-order valence-electron chi connectivity index (χ1n) is 4.40. The number of fused-ring (bicyclic) bond motifs is 1. The Labute approximate surface area is 80.9 Å². The molecule has 1 heterocycles. The first-order valence-corrected chi connectivity index (χ1v) is 4.40. The van der Waals surface area contributed by atoms with Crippen LogP contribution >= 0.6 is 0 Å². The molecule has 74 valence electrons. The fourth-order valence-corrected chi connectivity index (χ4v) is 1.29. The van der Waals surface area contributed by atoms with Crippen molar-refractivity contribution in [2.75, 3.05) is 11.9 Å². The van der Waals surface area contributed by atoms with Gasteiger partial charge in [0.1, 0.15) is 0 Å². The van der Waals surface area contributed by atoms with Crippen molar-refractivity contribution in [3.05, 3.63) is 24.0 Å². The van der Waals surface area contributed by atoms with E-state index in [4.69, 9.17) is 4.74 Å². The number of anilines is 1. The predicted octanol–water partition coefficient (Wildman–Crippen LogP) is 1.79. The smallest absolute Gasteiger partial charge is 0.230 e. The van der Waals surface area contributed by atoms with Gasteiger partial charge in [-0.25, -0.2) is 4.39 Å². The highest BCUT2D eigenvalue weighted by Gasteiger charge is 2.22. The molecule has 1 aliphatic rings. The highest BCUT2D eigenvalue weighted by molar-refractivity contribution is 5.94. The molecule has 4 heteroatoms. The third-order valence-electron chi connectivity index (χ3n) is 2.15. The van der Waals surface area contributed by atoms with Gasteiger partial charge in [-0.2, -0.15) is 0 Å². The van der Waals surface area contributed by atoms with E-state index in [-0.39, 0.29) is 24.2 Å². The number of benzene rings is 1. The van der Waals surface area contributed by atoms with E-state index in [1.165, 1.54) is 12.1 Å². The SMILES string of the molecule is CC1COc2c(F)cccc2NC1=O. The van der Waals surface area contributed by atoms with Crippen LogP contribution < -0.4 is 10.1 Å². The van der Waals surface area contributed by atoms with Gasteiger partial charge in [0, 0.05) is 0 Å². The summed E-state index contributed by atoms with van der Waals surface area (Å²) >= 11 is 0. The third kappa shape index (κ3) is 1.43. The zero-order valence-electron chi connectivity index (χ0n) is 7.71. The van der Waals surface area contributed by atoms with E-state index in [9.17, 15) is 9.18 Å². The standard InChI is InChI=1S/C10H10FNO2/c1-6-5-14-9-7(11)3-2-4-8(9)12-10(6)13/h2-4,6H,5H2,1H3,(H,12,13). The highest BCUT2D eigenvalue weighted by atomic mass is 19.1. The fourth-order valence-electron chi connectivity index (χ4n) is 1.29. The summed E-state index contributed by atoms with van der Waals surface area (Å²) in [5, 5.41) is 2.61. The van der Waals surface area contributed by atoms with Gasteiger partial charge in [0.05, 0.1) is 18.2 Å². The maximum atomic E-state index is 13.2. The molecule has 0 saturated carbocycles. The van der Waals surface area contributed by atoms with Gasteiger partial charge in [0.2, 0.25) is 5.91 Å². The van der Waals surface area contributed by atoms with Crippen LogP contribution in [0.1, 0.15) is 6.92 Å². The number of hydrogen-bond donors (Lipinski definition) is 1. The molecule has 1 aromatic carbocycles. The molecule has 1 aromatic rings. The third-order valence-corrected chi connectivity index (χ3v) is 2.15. The number of rotatable bonds is 0. The minimum atomic E-state index is -0.447. The van der Waals surface area contributed by atoms with Crippen molar-refractivity contribution in [3.63, 3.8) is 0 Å². The lowest BCUT2D eigenvalue weighted by atomic mass is 10.2. The Morgan fingerprint density at radius 2 is 2.36 bits per heavy atom. The molecular weight excluding hydrogens is 185 g/mol. The Bertz CT molecular complexity index is 378. The molecule has 1 amide bonds. The summed E-state index contributed by atoms with van der Waals surface area (Å²) < 4.78 is 18.4. The number of halogens is 1. The molecule has 0 aromatic heterocycles. The van der Waals surface area contributed by atoms with Crippen molar-refractivity contribution >= 4 is 11.6 Å². The molecule has 0 aliphatic carbocycles. The monoisotopic (exact) mass is 195 g/mol. The second kappa shape index (κ2) is 3.29. The minimum absolute atomic E-state index is 0.130. The van der Waals surface area contributed by atoms with Crippen LogP contribution in [0.2, 0.25) is 0 Å². The largest absolute Gasteiger partial charge is 0.488 e. The van der Waals surface area contributed by atoms with Crippen LogP contribution in [-0.4, -0.2) is 12.5 Å². The molecule has 0 fully saturated rings. The van der Waals surface area contributed by atoms with Crippen LogP contribution in [0.5, 0.6) is 5.75 Å². The average Bonchev–Trinajstić information content (AvgIpc) is 2.29. The van der Waals surface area contributed by atoms with Crippen molar-refractivity contribution < 1.29 is 13.9 Å². The second-order valence-electron chi connectivity index (χ2n) is 3.32. The van der Waals surface area contributed by atoms with Gasteiger partial charge < -0.3 is 10.1 Å². The second-order valence-corrected chi connectivity index (χ2v) is 3.32. The maximum Gasteiger partial charge on any atom is 0.230 e. The number of hydrogen-bond acceptors (Lipinski definition) is 2. The van der Waals surface area contributed by atoms with Crippen molar-refractivity contribution in [3.8, 4) is 5.75 Å². The van der Waals surface area contributed by atoms with E-state index in [2.05, 4.69) is 5.32 Å². The van der Waals surface area contributed by atoms with Gasteiger partial charge >= 0.3 is 0 Å². The number of para-hydroxylation sites is 1. The molecule has 0 radical (unpaired) electrons. The maximum absolute atomic E-state index is 13.2. The van der Waals surface area contributed by atoms with Gasteiger partial charge in [-0.3, -0.25) is 4.79 Å². The summed E-state index contributed by atoms with van der Waals surface area (Å²) in [5.41, 5.74) is 0.402. The first kappa shape index (κ1) is 8.99. The van der Waals surface area contributed by atoms with Crippen LogP contribution in [0, 0.1) is 11.7 Å². The molecule has 2 rings (SSSR count). The first-order chi connectivity index (χ1) is 6.68. The molecule has 3 nitrogen and oxygen atoms in total. The van der Waals surface area contributed by atoms with Crippen molar-refractivity contribution in [1.29, 1.82) is 0 Å². The zero-order chi connectivity index (χ0) is 10.1. The molecule has 1 unspecified atom stereocenters. The van der Waals surface area contributed by atoms with Gasteiger partial charge in [0.15, 0.2) is 11.6 Å². The Morgan fingerprint density at radius 1 is 1.57 bits per heavy atom. The van der Waals surface area contributed by atoms with Crippen molar-refractivity contribution in [2.24, 2.45) is 5.92 Å². The Morgan fingerprint density at radius 3 is 3.14 bits per heavy atom. The fraction of sp³-hybridized carbons (Fsp3) is 0.300. The number of nitrogens with one attached hydrogen (secondary N) is 1. The van der Waals surface area contributed by atoms with Crippen molar-refractivity contribution in [1.82, 2.24) is 0 Å². The van der Waals surface area contributed by atoms with Gasteiger partial charge in [-0.15, -0.1) is 0 Å².